The molecular weight excluding hydrogens is 360 g/mol. The van der Waals surface area contributed by atoms with Crippen LogP contribution in [0.4, 0.5) is 0 Å². The van der Waals surface area contributed by atoms with E-state index in [9.17, 15) is 19.5 Å². The molecule has 8 heteroatoms. The molecule has 0 aromatic rings. The van der Waals surface area contributed by atoms with E-state index >= 15 is 0 Å². The maximum absolute atomic E-state index is 13.1. The predicted octanol–water partition coefficient (Wildman–Crippen LogP) is -0.832. The summed E-state index contributed by atoms with van der Waals surface area (Å²) in [4.78, 5) is 37.5. The molecule has 5 aliphatic rings. The molecule has 2 bridgehead atoms. The standard InChI is InChI=1S/C20H30N4O4/c25-16(19(28)23-11-1-2-11)14(7-10-3-6-21-17(10)26)24-18(27)15-13-8-12(22-15)9-20(13)4-5-20/h10-16,22,25H,1-9H2,(H,21,26)(H,23,28)(H,24,27)/t10-,12-,13-,14-,15-,16?/m0/s1. The minimum absolute atomic E-state index is 0.0657. The number of hydrogen-bond acceptors (Lipinski definition) is 5. The lowest BCUT2D eigenvalue weighted by atomic mass is 9.85. The Morgan fingerprint density at radius 3 is 2.64 bits per heavy atom. The highest BCUT2D eigenvalue weighted by molar-refractivity contribution is 5.87. The van der Waals surface area contributed by atoms with Crippen molar-refractivity contribution >= 4 is 17.7 Å². The van der Waals surface area contributed by atoms with E-state index in [1.54, 1.807) is 0 Å². The van der Waals surface area contributed by atoms with Crippen LogP contribution in [0.15, 0.2) is 0 Å². The lowest BCUT2D eigenvalue weighted by Crippen LogP contribution is -2.57. The third-order valence-corrected chi connectivity index (χ3v) is 7.57. The van der Waals surface area contributed by atoms with E-state index in [4.69, 9.17) is 0 Å². The van der Waals surface area contributed by atoms with Gasteiger partial charge in [0, 0.05) is 24.5 Å². The molecule has 6 atom stereocenters. The van der Waals surface area contributed by atoms with Gasteiger partial charge in [-0.2, -0.15) is 0 Å². The fourth-order valence-corrected chi connectivity index (χ4v) is 5.68. The summed E-state index contributed by atoms with van der Waals surface area (Å²) in [6.45, 7) is 0.602. The number of aliphatic hydroxyl groups excluding tert-OH is 1. The molecule has 28 heavy (non-hydrogen) atoms. The monoisotopic (exact) mass is 390 g/mol. The molecule has 0 aromatic carbocycles. The van der Waals surface area contributed by atoms with Crippen molar-refractivity contribution in [2.45, 2.75) is 81.6 Å². The molecule has 154 valence electrons. The first-order valence-electron chi connectivity index (χ1n) is 10.8. The fourth-order valence-electron chi connectivity index (χ4n) is 5.68. The van der Waals surface area contributed by atoms with Crippen molar-refractivity contribution in [3.8, 4) is 0 Å². The topological polar surface area (TPSA) is 120 Å². The van der Waals surface area contributed by atoms with Crippen molar-refractivity contribution in [2.24, 2.45) is 17.3 Å². The molecule has 3 amide bonds. The molecule has 3 aliphatic carbocycles. The molecule has 3 saturated carbocycles. The summed E-state index contributed by atoms with van der Waals surface area (Å²) in [6.07, 6.45) is 6.08. The summed E-state index contributed by atoms with van der Waals surface area (Å²) in [7, 11) is 0. The number of carbonyl (C=O) groups is 3. The summed E-state index contributed by atoms with van der Waals surface area (Å²) in [5, 5.41) is 22.6. The van der Waals surface area contributed by atoms with Crippen LogP contribution in [0, 0.1) is 17.3 Å². The van der Waals surface area contributed by atoms with E-state index in [0.29, 0.717) is 30.3 Å². The Morgan fingerprint density at radius 1 is 1.25 bits per heavy atom. The van der Waals surface area contributed by atoms with Gasteiger partial charge in [0.05, 0.1) is 12.1 Å². The van der Waals surface area contributed by atoms with Crippen LogP contribution in [0.1, 0.15) is 51.4 Å². The molecule has 0 aromatic heterocycles. The zero-order valence-electron chi connectivity index (χ0n) is 16.1. The number of rotatable bonds is 7. The third kappa shape index (κ3) is 3.30. The minimum Gasteiger partial charge on any atom is -0.381 e. The molecule has 2 heterocycles. The minimum atomic E-state index is -1.34. The smallest absolute Gasteiger partial charge is 0.251 e. The Balaban J connectivity index is 1.27. The molecule has 1 spiro atoms. The Kier molecular flexibility index (Phi) is 4.39. The van der Waals surface area contributed by atoms with E-state index in [2.05, 4.69) is 21.3 Å². The van der Waals surface area contributed by atoms with Gasteiger partial charge in [-0.1, -0.05) is 0 Å². The number of carbonyl (C=O) groups excluding carboxylic acids is 3. The lowest BCUT2D eigenvalue weighted by molar-refractivity contribution is -0.134. The largest absolute Gasteiger partial charge is 0.381 e. The molecule has 8 nitrogen and oxygen atoms in total. The second kappa shape index (κ2) is 6.69. The molecule has 5 N–H and O–H groups in total. The van der Waals surface area contributed by atoms with Gasteiger partial charge < -0.3 is 26.4 Å². The van der Waals surface area contributed by atoms with Crippen molar-refractivity contribution in [1.29, 1.82) is 0 Å². The van der Waals surface area contributed by atoms with Crippen LogP contribution >= 0.6 is 0 Å². The second-order valence-corrected chi connectivity index (χ2v) is 9.61. The van der Waals surface area contributed by atoms with Gasteiger partial charge in [-0.25, -0.2) is 0 Å². The maximum atomic E-state index is 13.1. The van der Waals surface area contributed by atoms with Crippen molar-refractivity contribution in [3.63, 3.8) is 0 Å². The predicted molar refractivity (Wildman–Crippen MR) is 99.9 cm³/mol. The Hall–Kier alpha value is -1.67. The van der Waals surface area contributed by atoms with E-state index in [1.807, 2.05) is 0 Å². The average Bonchev–Trinajstić information content (AvgIpc) is 3.51. The first kappa shape index (κ1) is 18.4. The number of nitrogens with one attached hydrogen (secondary N) is 4. The van der Waals surface area contributed by atoms with Crippen molar-refractivity contribution < 1.29 is 19.5 Å². The number of hydrogen-bond donors (Lipinski definition) is 5. The van der Waals surface area contributed by atoms with Crippen LogP contribution < -0.4 is 21.3 Å². The van der Waals surface area contributed by atoms with Crippen molar-refractivity contribution in [1.82, 2.24) is 21.3 Å². The van der Waals surface area contributed by atoms with Crippen LogP contribution in [0.5, 0.6) is 0 Å². The summed E-state index contributed by atoms with van der Waals surface area (Å²) < 4.78 is 0. The summed E-state index contributed by atoms with van der Waals surface area (Å²) in [5.74, 6) is -0.586. The molecule has 1 unspecified atom stereocenters. The number of fused-ring (bicyclic) bond motifs is 3. The van der Waals surface area contributed by atoms with E-state index in [0.717, 1.165) is 19.3 Å². The van der Waals surface area contributed by atoms with Crippen molar-refractivity contribution in [3.05, 3.63) is 0 Å². The number of amides is 3. The van der Waals surface area contributed by atoms with Gasteiger partial charge in [0.1, 0.15) is 0 Å². The molecule has 2 saturated heterocycles. The van der Waals surface area contributed by atoms with Gasteiger partial charge in [-0.3, -0.25) is 14.4 Å². The zero-order valence-corrected chi connectivity index (χ0v) is 16.1. The first-order valence-corrected chi connectivity index (χ1v) is 10.8. The highest BCUT2D eigenvalue weighted by atomic mass is 16.3. The van der Waals surface area contributed by atoms with Crippen LogP contribution in [-0.2, 0) is 14.4 Å². The SMILES string of the molecule is O=C(NC1CC1)C(O)[C@H](C[C@@H]1CCNC1=O)NC(=O)[C@H]1N[C@H]2C[C@@H]1C1(CC1)C2. The summed E-state index contributed by atoms with van der Waals surface area (Å²) in [5.41, 5.74) is 0.348. The lowest BCUT2D eigenvalue weighted by Gasteiger charge is -2.32. The van der Waals surface area contributed by atoms with Gasteiger partial charge in [0.15, 0.2) is 6.10 Å². The third-order valence-electron chi connectivity index (χ3n) is 7.57. The van der Waals surface area contributed by atoms with E-state index < -0.39 is 18.1 Å². The van der Waals surface area contributed by atoms with E-state index in [-0.39, 0.29) is 36.2 Å². The quantitative estimate of drug-likeness (QED) is 0.389. The van der Waals surface area contributed by atoms with Gasteiger partial charge in [0.25, 0.3) is 5.91 Å². The first-order chi connectivity index (χ1) is 13.4. The Bertz CT molecular complexity index is 690. The van der Waals surface area contributed by atoms with Gasteiger partial charge in [-0.15, -0.1) is 0 Å². The van der Waals surface area contributed by atoms with Crippen LogP contribution in [0.2, 0.25) is 0 Å². The van der Waals surface area contributed by atoms with Gasteiger partial charge >= 0.3 is 0 Å². The number of piperidine rings is 1. The molecular formula is C20H30N4O4. The second-order valence-electron chi connectivity index (χ2n) is 9.61. The Labute approximate surface area is 164 Å². The van der Waals surface area contributed by atoms with Crippen LogP contribution in [0.25, 0.3) is 0 Å². The number of aliphatic hydroxyl groups is 1. The molecule has 0 radical (unpaired) electrons. The van der Waals surface area contributed by atoms with Crippen LogP contribution in [-0.4, -0.2) is 59.6 Å². The van der Waals surface area contributed by atoms with Gasteiger partial charge in [-0.05, 0) is 62.7 Å². The molecule has 5 rings (SSSR count). The summed E-state index contributed by atoms with van der Waals surface area (Å²) >= 11 is 0. The van der Waals surface area contributed by atoms with Crippen LogP contribution in [0.3, 0.4) is 0 Å². The average molecular weight is 390 g/mol. The van der Waals surface area contributed by atoms with Gasteiger partial charge in [0.2, 0.25) is 11.8 Å². The normalized spacial score (nSPS) is 36.8. The highest BCUT2D eigenvalue weighted by Crippen LogP contribution is 2.64. The molecule has 5 fully saturated rings. The van der Waals surface area contributed by atoms with E-state index in [1.165, 1.54) is 19.3 Å². The fraction of sp³-hybridized carbons (Fsp3) is 0.850. The van der Waals surface area contributed by atoms with Crippen molar-refractivity contribution in [2.75, 3.05) is 6.54 Å². The maximum Gasteiger partial charge on any atom is 0.251 e. The summed E-state index contributed by atoms with van der Waals surface area (Å²) in [6, 6.07) is -0.461. The molecule has 2 aliphatic heterocycles. The Morgan fingerprint density at radius 2 is 2.04 bits per heavy atom. The highest BCUT2D eigenvalue weighted by Gasteiger charge is 2.62. The zero-order chi connectivity index (χ0) is 19.5.